The Balaban J connectivity index is 0.000000686. The summed E-state index contributed by atoms with van der Waals surface area (Å²) in [5.41, 5.74) is 1.40. The normalized spacial score (nSPS) is 9.47. The molecule has 0 amide bonds. The minimum absolute atomic E-state index is 0.356. The van der Waals surface area contributed by atoms with Gasteiger partial charge in [-0.15, -0.1) is 0 Å². The number of nitrogens with zero attached hydrogens (tertiary/aromatic N) is 2. The molecule has 0 aliphatic carbocycles. The molecule has 0 aliphatic rings. The molecule has 0 radical (unpaired) electrons. The first kappa shape index (κ1) is 13.5. The van der Waals surface area contributed by atoms with Crippen LogP contribution in [0.3, 0.4) is 0 Å². The van der Waals surface area contributed by atoms with E-state index in [2.05, 4.69) is 9.97 Å². The van der Waals surface area contributed by atoms with Gasteiger partial charge in [0.25, 0.3) is 0 Å². The number of halogens is 1. The standard InChI is InChI=1S/C10H9ClN2O2.C2H6/c1-14-8-3-6-7(4-9(8)15-2)13-10(11)5-12-6;1-2/h3-5H,1-2H3;1-2H3. The monoisotopic (exact) mass is 254 g/mol. The van der Waals surface area contributed by atoms with E-state index in [4.69, 9.17) is 21.1 Å². The van der Waals surface area contributed by atoms with E-state index in [9.17, 15) is 0 Å². The highest BCUT2D eigenvalue weighted by atomic mass is 35.5. The molecule has 0 saturated carbocycles. The molecule has 2 rings (SSSR count). The van der Waals surface area contributed by atoms with Gasteiger partial charge in [0.2, 0.25) is 0 Å². The van der Waals surface area contributed by atoms with E-state index < -0.39 is 0 Å². The number of methoxy groups -OCH3 is 2. The highest BCUT2D eigenvalue weighted by Crippen LogP contribution is 2.30. The molecule has 0 spiro atoms. The highest BCUT2D eigenvalue weighted by molar-refractivity contribution is 6.29. The van der Waals surface area contributed by atoms with E-state index in [1.165, 1.54) is 6.20 Å². The molecule has 0 atom stereocenters. The largest absolute Gasteiger partial charge is 0.493 e. The van der Waals surface area contributed by atoms with Gasteiger partial charge in [0.05, 0.1) is 31.4 Å². The SMILES string of the molecule is CC.COc1cc2ncc(Cl)nc2cc1OC. The predicted octanol–water partition coefficient (Wildman–Crippen LogP) is 3.33. The minimum atomic E-state index is 0.356. The van der Waals surface area contributed by atoms with Gasteiger partial charge in [-0.25, -0.2) is 4.98 Å². The third-order valence-electron chi connectivity index (χ3n) is 2.02. The molecular weight excluding hydrogens is 240 g/mol. The number of benzene rings is 1. The molecule has 5 heteroatoms. The van der Waals surface area contributed by atoms with Crippen LogP contribution in [0.4, 0.5) is 0 Å². The van der Waals surface area contributed by atoms with Gasteiger partial charge in [0.1, 0.15) is 5.15 Å². The summed E-state index contributed by atoms with van der Waals surface area (Å²) < 4.78 is 10.3. The third kappa shape index (κ3) is 2.97. The molecule has 1 aromatic heterocycles. The number of hydrogen-bond donors (Lipinski definition) is 0. The Labute approximate surface area is 106 Å². The fourth-order valence-corrected chi connectivity index (χ4v) is 1.46. The first-order valence-electron chi connectivity index (χ1n) is 5.29. The number of fused-ring (bicyclic) bond motifs is 1. The zero-order valence-electron chi connectivity index (χ0n) is 10.3. The van der Waals surface area contributed by atoms with Crippen LogP contribution in [-0.4, -0.2) is 24.2 Å². The molecule has 0 N–H and O–H groups in total. The summed E-state index contributed by atoms with van der Waals surface area (Å²) in [6.07, 6.45) is 1.50. The van der Waals surface area contributed by atoms with Gasteiger partial charge in [0.15, 0.2) is 11.5 Å². The summed E-state index contributed by atoms with van der Waals surface area (Å²) in [7, 11) is 3.15. The van der Waals surface area contributed by atoms with Gasteiger partial charge >= 0.3 is 0 Å². The van der Waals surface area contributed by atoms with E-state index >= 15 is 0 Å². The number of rotatable bonds is 2. The van der Waals surface area contributed by atoms with Crippen molar-refractivity contribution in [2.45, 2.75) is 13.8 Å². The molecule has 0 fully saturated rings. The van der Waals surface area contributed by atoms with Gasteiger partial charge in [0, 0.05) is 12.1 Å². The van der Waals surface area contributed by atoms with Gasteiger partial charge in [-0.2, -0.15) is 0 Å². The van der Waals surface area contributed by atoms with Crippen molar-refractivity contribution in [1.29, 1.82) is 0 Å². The van der Waals surface area contributed by atoms with E-state index in [1.807, 2.05) is 13.8 Å². The Morgan fingerprint density at radius 1 is 1.00 bits per heavy atom. The number of aromatic nitrogens is 2. The Kier molecular flexibility index (Phi) is 4.97. The smallest absolute Gasteiger partial charge is 0.163 e. The van der Waals surface area contributed by atoms with Gasteiger partial charge in [-0.3, -0.25) is 4.98 Å². The van der Waals surface area contributed by atoms with Crippen molar-refractivity contribution in [3.63, 3.8) is 0 Å². The second kappa shape index (κ2) is 6.25. The predicted molar refractivity (Wildman–Crippen MR) is 69.0 cm³/mol. The quantitative estimate of drug-likeness (QED) is 0.825. The molecule has 0 unspecified atom stereocenters. The Hall–Kier alpha value is -1.55. The van der Waals surface area contributed by atoms with Crippen LogP contribution in [0.15, 0.2) is 18.3 Å². The summed E-state index contributed by atoms with van der Waals surface area (Å²) in [5.74, 6) is 1.24. The molecule has 1 heterocycles. The average molecular weight is 255 g/mol. The second-order valence-electron chi connectivity index (χ2n) is 2.89. The van der Waals surface area contributed by atoms with Crippen LogP contribution in [-0.2, 0) is 0 Å². The van der Waals surface area contributed by atoms with Crippen LogP contribution in [0.5, 0.6) is 11.5 Å². The van der Waals surface area contributed by atoms with E-state index in [-0.39, 0.29) is 0 Å². The van der Waals surface area contributed by atoms with Crippen molar-refractivity contribution < 1.29 is 9.47 Å². The summed E-state index contributed by atoms with van der Waals surface area (Å²) in [5, 5.41) is 0.356. The summed E-state index contributed by atoms with van der Waals surface area (Å²) in [4.78, 5) is 8.26. The maximum absolute atomic E-state index is 5.74. The molecular formula is C12H15ClN2O2. The maximum Gasteiger partial charge on any atom is 0.163 e. The van der Waals surface area contributed by atoms with Gasteiger partial charge < -0.3 is 9.47 Å². The Morgan fingerprint density at radius 2 is 1.53 bits per heavy atom. The topological polar surface area (TPSA) is 44.2 Å². The van der Waals surface area contributed by atoms with Crippen molar-refractivity contribution >= 4 is 22.6 Å². The van der Waals surface area contributed by atoms with Crippen LogP contribution in [0.25, 0.3) is 11.0 Å². The Bertz CT molecular complexity index is 503. The molecule has 0 bridgehead atoms. The Morgan fingerprint density at radius 3 is 2.06 bits per heavy atom. The van der Waals surface area contributed by atoms with E-state index in [0.29, 0.717) is 22.2 Å². The third-order valence-corrected chi connectivity index (χ3v) is 2.20. The molecule has 2 aromatic rings. The van der Waals surface area contributed by atoms with E-state index in [0.717, 1.165) is 5.52 Å². The lowest BCUT2D eigenvalue weighted by Gasteiger charge is -2.07. The lowest BCUT2D eigenvalue weighted by molar-refractivity contribution is 0.355. The minimum Gasteiger partial charge on any atom is -0.493 e. The first-order chi connectivity index (χ1) is 8.24. The molecule has 0 aliphatic heterocycles. The first-order valence-corrected chi connectivity index (χ1v) is 5.66. The van der Waals surface area contributed by atoms with Gasteiger partial charge in [-0.1, -0.05) is 25.4 Å². The van der Waals surface area contributed by atoms with Crippen LogP contribution in [0.2, 0.25) is 5.15 Å². The zero-order valence-corrected chi connectivity index (χ0v) is 11.1. The number of ether oxygens (including phenoxy) is 2. The van der Waals surface area contributed by atoms with Crippen LogP contribution >= 0.6 is 11.6 Å². The summed E-state index contributed by atoms with van der Waals surface area (Å²) in [6.45, 7) is 4.00. The molecule has 4 nitrogen and oxygen atoms in total. The zero-order chi connectivity index (χ0) is 12.8. The second-order valence-corrected chi connectivity index (χ2v) is 3.28. The van der Waals surface area contributed by atoms with Crippen LogP contribution < -0.4 is 9.47 Å². The van der Waals surface area contributed by atoms with Crippen molar-refractivity contribution in [1.82, 2.24) is 9.97 Å². The van der Waals surface area contributed by atoms with Crippen LogP contribution in [0.1, 0.15) is 13.8 Å². The number of hydrogen-bond acceptors (Lipinski definition) is 4. The van der Waals surface area contributed by atoms with Crippen molar-refractivity contribution in [2.24, 2.45) is 0 Å². The van der Waals surface area contributed by atoms with Crippen molar-refractivity contribution in [2.75, 3.05) is 14.2 Å². The van der Waals surface area contributed by atoms with Gasteiger partial charge in [-0.05, 0) is 0 Å². The molecule has 0 saturated heterocycles. The maximum atomic E-state index is 5.74. The highest BCUT2D eigenvalue weighted by Gasteiger charge is 2.07. The lowest BCUT2D eigenvalue weighted by Crippen LogP contribution is -1.92. The summed E-state index contributed by atoms with van der Waals surface area (Å²) >= 11 is 5.74. The fourth-order valence-electron chi connectivity index (χ4n) is 1.32. The average Bonchev–Trinajstić information content (AvgIpc) is 2.39. The van der Waals surface area contributed by atoms with E-state index in [1.54, 1.807) is 26.4 Å². The molecule has 92 valence electrons. The van der Waals surface area contributed by atoms with Crippen molar-refractivity contribution in [3.8, 4) is 11.5 Å². The van der Waals surface area contributed by atoms with Crippen LogP contribution in [0, 0.1) is 0 Å². The molecule has 1 aromatic carbocycles. The fraction of sp³-hybridized carbons (Fsp3) is 0.333. The molecule has 17 heavy (non-hydrogen) atoms. The summed E-state index contributed by atoms with van der Waals surface area (Å²) in [6, 6.07) is 3.50. The lowest BCUT2D eigenvalue weighted by atomic mass is 10.2. The van der Waals surface area contributed by atoms with Crippen molar-refractivity contribution in [3.05, 3.63) is 23.5 Å².